The van der Waals surface area contributed by atoms with Gasteiger partial charge in [-0.2, -0.15) is 0 Å². The fraction of sp³-hybridized carbons (Fsp3) is 0.400. The molecule has 1 saturated carbocycles. The molecule has 2 heterocycles. The number of hydrogen-bond acceptors (Lipinski definition) is 6. The number of hydrogen-bond donors (Lipinski definition) is 2. The summed E-state index contributed by atoms with van der Waals surface area (Å²) in [5.74, 6) is 0.0917. The zero-order valence-corrected chi connectivity index (χ0v) is 13.0. The lowest BCUT2D eigenvalue weighted by atomic mass is 9.89. The van der Waals surface area contributed by atoms with E-state index in [0.717, 1.165) is 37.7 Å². The van der Waals surface area contributed by atoms with Crippen LogP contribution >= 0.6 is 0 Å². The van der Waals surface area contributed by atoms with Crippen LogP contribution in [0.3, 0.4) is 0 Å². The number of rotatable bonds is 4. The average molecular weight is 330 g/mol. The standard InChI is InChI=1S/C15H16N6O3/c16-15-19-13-12(14(24)20-15)21(8-23)11(6-18-13)5-17-10-3-1-9(7-22)2-4-10/h6-9H,1-5H2,(H2-,16,18,19,20,24)/p+2. The molecule has 4 N–H and O–H groups in total. The van der Waals surface area contributed by atoms with Gasteiger partial charge in [-0.25, -0.2) is 9.78 Å². The number of H-pyrrole nitrogens is 2. The van der Waals surface area contributed by atoms with Crippen LogP contribution in [0.15, 0.2) is 16.0 Å². The molecule has 124 valence electrons. The smallest absolute Gasteiger partial charge is 0.348 e. The fourth-order valence-electron chi connectivity index (χ4n) is 2.88. The number of nitrogens with two attached hydrogens (primary N) is 1. The van der Waals surface area contributed by atoms with Crippen molar-refractivity contribution in [3.63, 3.8) is 0 Å². The predicted octanol–water partition coefficient (Wildman–Crippen LogP) is -1.02. The molecule has 3 rings (SSSR count). The summed E-state index contributed by atoms with van der Waals surface area (Å²) < 4.78 is 1.22. The number of carbonyl (C=O) groups is 2. The Bertz CT molecular complexity index is 879. The summed E-state index contributed by atoms with van der Waals surface area (Å²) in [6, 6.07) is 0. The van der Waals surface area contributed by atoms with Gasteiger partial charge in [-0.1, -0.05) is 0 Å². The number of aliphatic imine (C=N–C) groups is 1. The predicted molar refractivity (Wildman–Crippen MR) is 84.8 cm³/mol. The summed E-state index contributed by atoms with van der Waals surface area (Å²) in [6.07, 6.45) is 6.32. The molecule has 0 unspecified atom stereocenters. The first-order valence-corrected chi connectivity index (χ1v) is 7.69. The summed E-state index contributed by atoms with van der Waals surface area (Å²) in [6.45, 7) is 0.260. The van der Waals surface area contributed by atoms with Crippen LogP contribution in [0.25, 0.3) is 11.2 Å². The van der Waals surface area contributed by atoms with Gasteiger partial charge in [-0.15, -0.1) is 4.57 Å². The van der Waals surface area contributed by atoms with Crippen LogP contribution in [0.5, 0.6) is 0 Å². The van der Waals surface area contributed by atoms with Crippen molar-refractivity contribution >= 4 is 35.5 Å². The van der Waals surface area contributed by atoms with E-state index in [1.54, 1.807) is 6.20 Å². The van der Waals surface area contributed by atoms with Gasteiger partial charge < -0.3 is 10.5 Å². The van der Waals surface area contributed by atoms with Crippen molar-refractivity contribution in [1.82, 2.24) is 9.97 Å². The van der Waals surface area contributed by atoms with E-state index in [0.29, 0.717) is 12.1 Å². The van der Waals surface area contributed by atoms with Crippen LogP contribution in [-0.4, -0.2) is 28.4 Å². The zero-order chi connectivity index (χ0) is 17.1. The van der Waals surface area contributed by atoms with E-state index in [2.05, 4.69) is 19.9 Å². The molecule has 0 bridgehead atoms. The minimum atomic E-state index is -0.498. The van der Waals surface area contributed by atoms with Crippen molar-refractivity contribution in [2.24, 2.45) is 10.9 Å². The van der Waals surface area contributed by atoms with Gasteiger partial charge in [0.15, 0.2) is 6.20 Å². The molecule has 1 aliphatic carbocycles. The van der Waals surface area contributed by atoms with E-state index in [9.17, 15) is 14.4 Å². The molecule has 2 aromatic heterocycles. The second-order valence-corrected chi connectivity index (χ2v) is 5.76. The quantitative estimate of drug-likeness (QED) is 0.546. The SMILES string of the molecule is Nc1nc2[nH+]cc(CN=C3CCC(C=O)CC3)[n+](C=O)c2c(=O)[nH]1. The number of aromatic nitrogens is 4. The van der Waals surface area contributed by atoms with Crippen LogP contribution in [0, 0.1) is 5.92 Å². The van der Waals surface area contributed by atoms with E-state index in [-0.39, 0.29) is 29.6 Å². The fourth-order valence-corrected chi connectivity index (χ4v) is 2.88. The summed E-state index contributed by atoms with van der Waals surface area (Å²) in [5, 5.41) is 0. The average Bonchev–Trinajstić information content (AvgIpc) is 2.59. The largest absolute Gasteiger partial charge is 0.404 e. The number of fused-ring (bicyclic) bond motifs is 1. The molecule has 24 heavy (non-hydrogen) atoms. The summed E-state index contributed by atoms with van der Waals surface area (Å²) in [5.41, 5.74) is 6.90. The van der Waals surface area contributed by atoms with Gasteiger partial charge in [-0.3, -0.25) is 14.8 Å². The van der Waals surface area contributed by atoms with Crippen LogP contribution in [0.4, 0.5) is 5.95 Å². The highest BCUT2D eigenvalue weighted by Gasteiger charge is 2.26. The molecule has 9 nitrogen and oxygen atoms in total. The van der Waals surface area contributed by atoms with E-state index in [1.807, 2.05) is 0 Å². The maximum absolute atomic E-state index is 12.1. The Labute approximate surface area is 136 Å². The maximum atomic E-state index is 12.1. The summed E-state index contributed by atoms with van der Waals surface area (Å²) in [7, 11) is 0. The van der Waals surface area contributed by atoms with Crippen molar-refractivity contribution in [3.8, 4) is 0 Å². The maximum Gasteiger partial charge on any atom is 0.404 e. The van der Waals surface area contributed by atoms with Crippen LogP contribution in [0.1, 0.15) is 31.4 Å². The minimum Gasteiger partial charge on any atom is -0.348 e. The van der Waals surface area contributed by atoms with Gasteiger partial charge in [0.1, 0.15) is 12.8 Å². The minimum absolute atomic E-state index is 0.0267. The number of nitrogens with one attached hydrogen (secondary N) is 2. The third kappa shape index (κ3) is 3.05. The Kier molecular flexibility index (Phi) is 4.41. The van der Waals surface area contributed by atoms with Gasteiger partial charge in [0, 0.05) is 16.6 Å². The molecule has 0 atom stereocenters. The highest BCUT2D eigenvalue weighted by atomic mass is 16.1. The van der Waals surface area contributed by atoms with Crippen molar-refractivity contribution in [2.45, 2.75) is 32.2 Å². The van der Waals surface area contributed by atoms with E-state index in [4.69, 9.17) is 5.73 Å². The number of nitrogens with zero attached hydrogens (tertiary/aromatic N) is 3. The molecule has 9 heteroatoms. The van der Waals surface area contributed by atoms with Crippen LogP contribution in [0.2, 0.25) is 0 Å². The van der Waals surface area contributed by atoms with Crippen LogP contribution in [-0.2, 0) is 16.1 Å². The van der Waals surface area contributed by atoms with Crippen molar-refractivity contribution in [1.29, 1.82) is 0 Å². The molecule has 0 spiro atoms. The third-order valence-electron chi connectivity index (χ3n) is 4.21. The first-order chi connectivity index (χ1) is 11.6. The monoisotopic (exact) mass is 330 g/mol. The molecule has 0 aliphatic heterocycles. The van der Waals surface area contributed by atoms with Gasteiger partial charge in [0.05, 0.1) is 0 Å². The number of anilines is 1. The second kappa shape index (κ2) is 6.65. The van der Waals surface area contributed by atoms with E-state index >= 15 is 0 Å². The Morgan fingerprint density at radius 3 is 2.83 bits per heavy atom. The van der Waals surface area contributed by atoms with E-state index in [1.165, 1.54) is 4.57 Å². The molecular formula is C15H18N6O3+2. The zero-order valence-electron chi connectivity index (χ0n) is 13.0. The van der Waals surface area contributed by atoms with Crippen molar-refractivity contribution in [3.05, 3.63) is 22.2 Å². The van der Waals surface area contributed by atoms with Gasteiger partial charge in [-0.05, 0) is 25.7 Å². The van der Waals surface area contributed by atoms with E-state index < -0.39 is 5.56 Å². The highest BCUT2D eigenvalue weighted by Crippen LogP contribution is 2.20. The third-order valence-corrected chi connectivity index (χ3v) is 4.21. The van der Waals surface area contributed by atoms with Crippen molar-refractivity contribution in [2.75, 3.05) is 5.73 Å². The Hall–Kier alpha value is -2.97. The molecule has 0 amide bonds. The molecule has 0 radical (unpaired) electrons. The Balaban J connectivity index is 1.92. The number of aromatic amines is 2. The van der Waals surface area contributed by atoms with Crippen molar-refractivity contribution < 1.29 is 19.1 Å². The van der Waals surface area contributed by atoms with Gasteiger partial charge in [0.2, 0.25) is 0 Å². The van der Waals surface area contributed by atoms with Gasteiger partial charge >= 0.3 is 29.1 Å². The Morgan fingerprint density at radius 1 is 1.42 bits per heavy atom. The normalized spacial score (nSPS) is 17.7. The lowest BCUT2D eigenvalue weighted by molar-refractivity contribution is -0.549. The number of nitrogen functional groups attached to an aromatic ring is 1. The first kappa shape index (κ1) is 15.9. The summed E-state index contributed by atoms with van der Waals surface area (Å²) >= 11 is 0. The topological polar surface area (TPSA) is 136 Å². The second-order valence-electron chi connectivity index (χ2n) is 5.76. The summed E-state index contributed by atoms with van der Waals surface area (Å²) in [4.78, 5) is 48.0. The molecule has 1 fully saturated rings. The molecule has 0 saturated heterocycles. The molecule has 1 aliphatic rings. The van der Waals surface area contributed by atoms with Crippen LogP contribution < -0.4 is 20.8 Å². The first-order valence-electron chi connectivity index (χ1n) is 7.69. The number of carbonyl (C=O) groups excluding carboxylic acids is 2. The number of aldehydes is 1. The molecule has 2 aromatic rings. The molecule has 0 aromatic carbocycles. The van der Waals surface area contributed by atoms with Gasteiger partial charge in [0.25, 0.3) is 5.69 Å². The Morgan fingerprint density at radius 2 is 2.17 bits per heavy atom. The molecular weight excluding hydrogens is 312 g/mol. The lowest BCUT2D eigenvalue weighted by Crippen LogP contribution is -2.45. The lowest BCUT2D eigenvalue weighted by Gasteiger charge is -2.17. The highest BCUT2D eigenvalue weighted by molar-refractivity contribution is 5.86.